The lowest BCUT2D eigenvalue weighted by atomic mass is 11.2. The molecular weight excluding hydrogens is 76.0 g/mol. The smallest absolute Gasteiger partial charge is 0.440 e. The fraction of sp³-hybridized carbons (Fsp3) is 1.00. The molecule has 0 heterocycles. The zero-order valence-corrected chi connectivity index (χ0v) is 2.13. The Morgan fingerprint density at radius 1 is 0.800 bits per heavy atom. The minimum atomic E-state index is -4.50. The Bertz CT molecular complexity index is 19.1. The van der Waals surface area contributed by atoms with E-state index in [0.717, 1.165) is 0 Å². The quantitative estimate of drug-likeness (QED) is 0.270. The Morgan fingerprint density at radius 2 is 0.800 bits per heavy atom. The molecule has 0 bridgehead atoms. The summed E-state index contributed by atoms with van der Waals surface area (Å²) in [4.78, 5) is 0. The van der Waals surface area contributed by atoms with E-state index in [4.69, 9.17) is 20.4 Å². The molecule has 0 aromatic rings. The van der Waals surface area contributed by atoms with E-state index in [9.17, 15) is 0 Å². The van der Waals surface area contributed by atoms with E-state index in [1.54, 1.807) is 0 Å². The minimum Gasteiger partial charge on any atom is -0.890 e. The highest BCUT2D eigenvalue weighted by Gasteiger charge is 1.35. The molecule has 0 aliphatic rings. The van der Waals surface area contributed by atoms with Crippen LogP contribution >= 0.6 is 0 Å². The van der Waals surface area contributed by atoms with Crippen LogP contribution in [0.2, 0.25) is 0 Å². The largest absolute Gasteiger partial charge is 0.890 e. The summed E-state index contributed by atoms with van der Waals surface area (Å²) in [5, 5.41) is 33.8. The second-order valence-electron chi connectivity index (χ2n) is 0.500. The van der Waals surface area contributed by atoms with Crippen LogP contribution < -0.4 is 20.4 Å². The predicted molar refractivity (Wildman–Crippen MR) is 2.73 cm³/mol. The molecule has 0 aromatic heterocycles. The number of rotatable bonds is 0. The fourth-order valence-corrected chi connectivity index (χ4v) is 0. The van der Waals surface area contributed by atoms with E-state index in [1.807, 2.05) is 0 Å². The summed E-state index contributed by atoms with van der Waals surface area (Å²) in [5.41, 5.74) is 0. The lowest BCUT2D eigenvalue weighted by Crippen LogP contribution is -2.75. The Hall–Kier alpha value is -0.160. The van der Waals surface area contributed by atoms with Gasteiger partial charge in [0, 0.05) is 0 Å². The van der Waals surface area contributed by atoms with Crippen molar-refractivity contribution in [2.45, 2.75) is 6.16 Å². The molecule has 0 saturated heterocycles. The Morgan fingerprint density at radius 3 is 0.800 bits per heavy atom. The molecule has 0 aromatic carbocycles. The Labute approximate surface area is 27.9 Å². The summed E-state index contributed by atoms with van der Waals surface area (Å²) in [6, 6.07) is 0. The van der Waals surface area contributed by atoms with Gasteiger partial charge in [-0.25, -0.2) is 0 Å². The molecule has 0 radical (unpaired) electrons. The van der Waals surface area contributed by atoms with Gasteiger partial charge in [-0.1, -0.05) is 0 Å². The molecule has 0 saturated carbocycles. The zero-order chi connectivity index (χ0) is 4.50. The van der Waals surface area contributed by atoms with Crippen molar-refractivity contribution in [1.82, 2.24) is 0 Å². The molecule has 5 heavy (non-hydrogen) atoms. The highest BCUT2D eigenvalue weighted by Crippen LogP contribution is 1.36. The lowest BCUT2D eigenvalue weighted by Gasteiger charge is -2.68. The van der Waals surface area contributed by atoms with Gasteiger partial charge in [-0.3, -0.25) is 0 Å². The first kappa shape index (κ1) is 4.84. The van der Waals surface area contributed by atoms with Gasteiger partial charge in [0.1, 0.15) is 0 Å². The molecule has 4 heteroatoms. The van der Waals surface area contributed by atoms with Crippen LogP contribution in [0.15, 0.2) is 0 Å². The van der Waals surface area contributed by atoms with Crippen molar-refractivity contribution in [1.29, 1.82) is 0 Å². The van der Waals surface area contributed by atoms with Crippen LogP contribution in [0.1, 0.15) is 0 Å². The van der Waals surface area contributed by atoms with Gasteiger partial charge in [0.25, 0.3) is 0 Å². The van der Waals surface area contributed by atoms with Gasteiger partial charge in [0.2, 0.25) is 0 Å². The van der Waals surface area contributed by atoms with Crippen LogP contribution in [-0.2, 0) is 0 Å². The minimum absolute atomic E-state index is 4.50. The standard InChI is InChI=1S/CO4/c2-1(3,4)5/q-4. The summed E-state index contributed by atoms with van der Waals surface area (Å²) in [7, 11) is 0. The maximum atomic E-state index is 8.44. The molecular formula is CO4-4. The molecule has 0 spiro atoms. The third-order valence-electron chi connectivity index (χ3n) is 0. The molecule has 0 atom stereocenters. The van der Waals surface area contributed by atoms with Crippen molar-refractivity contribution in [3.8, 4) is 0 Å². The van der Waals surface area contributed by atoms with E-state index < -0.39 is 6.16 Å². The molecule has 0 aliphatic heterocycles. The first-order chi connectivity index (χ1) is 2.00. The average molecular weight is 76.0 g/mol. The SMILES string of the molecule is [O-]C([O-])([O-])[O-]. The van der Waals surface area contributed by atoms with Gasteiger partial charge in [0.05, 0.1) is 0 Å². The Balaban J connectivity index is 3.02. The molecule has 4 nitrogen and oxygen atoms in total. The van der Waals surface area contributed by atoms with Crippen LogP contribution in [0.3, 0.4) is 0 Å². The van der Waals surface area contributed by atoms with E-state index in [0.29, 0.717) is 0 Å². The monoisotopic (exact) mass is 76.0 g/mol. The van der Waals surface area contributed by atoms with Crippen molar-refractivity contribution in [2.75, 3.05) is 0 Å². The number of hydrogen-bond acceptors (Lipinski definition) is 4. The van der Waals surface area contributed by atoms with Gasteiger partial charge in [0.15, 0.2) is 0 Å². The molecule has 0 rings (SSSR count). The maximum Gasteiger partial charge on any atom is -0.440 e. The summed E-state index contributed by atoms with van der Waals surface area (Å²) in [5.74, 6) is 0. The molecule has 0 unspecified atom stereocenters. The van der Waals surface area contributed by atoms with Crippen LogP contribution in [-0.4, -0.2) is 6.16 Å². The van der Waals surface area contributed by atoms with Crippen molar-refractivity contribution in [3.05, 3.63) is 0 Å². The number of hydrogen-bond donors (Lipinski definition) is 0. The topological polar surface area (TPSA) is 92.2 Å². The first-order valence-electron chi connectivity index (χ1n) is 0.816. The van der Waals surface area contributed by atoms with Gasteiger partial charge in [-0.05, 0) is 0 Å². The second-order valence-corrected chi connectivity index (χ2v) is 0.500. The van der Waals surface area contributed by atoms with Gasteiger partial charge < -0.3 is 26.6 Å². The average Bonchev–Trinajstić information content (AvgIpc) is 0.722. The first-order valence-corrected chi connectivity index (χ1v) is 0.816. The lowest BCUT2D eigenvalue weighted by molar-refractivity contribution is -1.05. The normalized spacial score (nSPS) is 12.0. The van der Waals surface area contributed by atoms with Crippen molar-refractivity contribution in [2.24, 2.45) is 0 Å². The van der Waals surface area contributed by atoms with Crippen molar-refractivity contribution >= 4 is 0 Å². The van der Waals surface area contributed by atoms with E-state index in [-0.39, 0.29) is 0 Å². The molecule has 0 fully saturated rings. The summed E-state index contributed by atoms with van der Waals surface area (Å²) in [6.45, 7) is 0. The van der Waals surface area contributed by atoms with E-state index in [1.165, 1.54) is 0 Å². The fourth-order valence-electron chi connectivity index (χ4n) is 0. The third-order valence-corrected chi connectivity index (χ3v) is 0. The van der Waals surface area contributed by atoms with Gasteiger partial charge in [-0.15, -0.1) is 0 Å². The summed E-state index contributed by atoms with van der Waals surface area (Å²) in [6.07, 6.45) is -4.50. The van der Waals surface area contributed by atoms with E-state index >= 15 is 0 Å². The molecule has 0 N–H and O–H groups in total. The van der Waals surface area contributed by atoms with Gasteiger partial charge >= 0.3 is 0 Å². The highest BCUT2D eigenvalue weighted by atomic mass is 16.8. The van der Waals surface area contributed by atoms with Crippen LogP contribution in [0.25, 0.3) is 0 Å². The predicted octanol–water partition coefficient (Wildman–Crippen LogP) is -4.96. The summed E-state index contributed by atoms with van der Waals surface area (Å²) < 4.78 is 0. The summed E-state index contributed by atoms with van der Waals surface area (Å²) >= 11 is 0. The third kappa shape index (κ3) is 508. The Kier molecular flexibility index (Phi) is 0.879. The van der Waals surface area contributed by atoms with Crippen molar-refractivity contribution < 1.29 is 20.4 Å². The zero-order valence-electron chi connectivity index (χ0n) is 2.13. The maximum absolute atomic E-state index is 8.44. The van der Waals surface area contributed by atoms with Crippen molar-refractivity contribution in [3.63, 3.8) is 0 Å². The molecule has 0 aliphatic carbocycles. The van der Waals surface area contributed by atoms with E-state index in [2.05, 4.69) is 0 Å². The van der Waals surface area contributed by atoms with Crippen LogP contribution in [0, 0.1) is 0 Å². The second kappa shape index (κ2) is 0.908. The van der Waals surface area contributed by atoms with Crippen LogP contribution in [0.5, 0.6) is 0 Å². The van der Waals surface area contributed by atoms with Crippen LogP contribution in [0.4, 0.5) is 0 Å². The molecule has 0 amide bonds. The van der Waals surface area contributed by atoms with Gasteiger partial charge in [-0.2, -0.15) is 0 Å². The highest BCUT2D eigenvalue weighted by molar-refractivity contribution is 3.79. The molecule has 32 valence electrons.